The number of methoxy groups -OCH3 is 1. The van der Waals surface area contributed by atoms with Crippen LogP contribution < -0.4 is 0 Å². The summed E-state index contributed by atoms with van der Waals surface area (Å²) in [5.74, 6) is 0.309. The summed E-state index contributed by atoms with van der Waals surface area (Å²) in [6, 6.07) is 0. The van der Waals surface area contributed by atoms with E-state index in [9.17, 15) is 4.79 Å². The maximum Gasteiger partial charge on any atom is 0.412 e. The number of rotatable bonds is 5. The van der Waals surface area contributed by atoms with Crippen molar-refractivity contribution >= 4 is 17.7 Å². The second-order valence-corrected chi connectivity index (χ2v) is 4.75. The smallest absolute Gasteiger partial charge is 0.412 e. The number of carbonyl (C=O) groups is 1. The summed E-state index contributed by atoms with van der Waals surface area (Å²) in [5.41, 5.74) is 0.218. The van der Waals surface area contributed by atoms with Crippen LogP contribution in [0.25, 0.3) is 0 Å². The molecule has 94 valence electrons. The van der Waals surface area contributed by atoms with Crippen molar-refractivity contribution in [1.29, 1.82) is 0 Å². The van der Waals surface area contributed by atoms with Gasteiger partial charge in [0, 0.05) is 19.5 Å². The maximum absolute atomic E-state index is 11.7. The van der Waals surface area contributed by atoms with Gasteiger partial charge in [0.2, 0.25) is 0 Å². The average Bonchev–Trinajstić information content (AvgIpc) is 2.14. The van der Waals surface area contributed by atoms with Crippen LogP contribution in [0, 0.1) is 0 Å². The van der Waals surface area contributed by atoms with Gasteiger partial charge in [0.15, 0.2) is 0 Å². The summed E-state index contributed by atoms with van der Waals surface area (Å²) in [6.45, 7) is 9.67. The van der Waals surface area contributed by atoms with Crippen LogP contribution in [0.5, 0.6) is 0 Å². The molecule has 0 saturated carbocycles. The number of carbonyl (C=O) groups excluding carboxylic acids is 1. The third kappa shape index (κ3) is 6.69. The summed E-state index contributed by atoms with van der Waals surface area (Å²) in [6.07, 6.45) is -0.430. The summed E-state index contributed by atoms with van der Waals surface area (Å²) >= 11 is 5.61. The van der Waals surface area contributed by atoms with Crippen molar-refractivity contribution in [3.63, 3.8) is 0 Å². The first kappa shape index (κ1) is 15.3. The number of hydrogen-bond donors (Lipinski definition) is 0. The quantitative estimate of drug-likeness (QED) is 0.427. The van der Waals surface area contributed by atoms with Crippen molar-refractivity contribution in [2.45, 2.75) is 26.4 Å². The molecule has 0 radical (unpaired) electrons. The van der Waals surface area contributed by atoms with Gasteiger partial charge in [-0.15, -0.1) is 11.6 Å². The third-order valence-electron chi connectivity index (χ3n) is 1.54. The molecule has 0 unspecified atom stereocenters. The minimum atomic E-state index is -0.522. The fraction of sp³-hybridized carbons (Fsp3) is 0.727. The largest absolute Gasteiger partial charge is 0.444 e. The highest BCUT2D eigenvalue weighted by Gasteiger charge is 2.22. The highest BCUT2D eigenvalue weighted by molar-refractivity contribution is 6.19. The highest BCUT2D eigenvalue weighted by Crippen LogP contribution is 2.11. The molecule has 0 saturated heterocycles. The summed E-state index contributed by atoms with van der Waals surface area (Å²) in [7, 11) is 1.51. The van der Waals surface area contributed by atoms with E-state index in [1.807, 2.05) is 20.8 Å². The van der Waals surface area contributed by atoms with Crippen molar-refractivity contribution in [3.8, 4) is 0 Å². The monoisotopic (exact) mass is 249 g/mol. The molecule has 0 rings (SSSR count). The Hall–Kier alpha value is -0.740. The van der Waals surface area contributed by atoms with Gasteiger partial charge in [-0.1, -0.05) is 6.58 Å². The molecule has 0 spiro atoms. The minimum absolute atomic E-state index is 0.158. The standard InChI is InChI=1S/C11H20ClNO3/c1-9(6-12)7-13(8-15-5)10(14)16-11(2,3)4/h1,6-8H2,2-5H3. The van der Waals surface area contributed by atoms with Gasteiger partial charge < -0.3 is 9.47 Å². The van der Waals surface area contributed by atoms with E-state index in [0.29, 0.717) is 12.4 Å². The van der Waals surface area contributed by atoms with Crippen molar-refractivity contribution < 1.29 is 14.3 Å². The van der Waals surface area contributed by atoms with Gasteiger partial charge in [0.05, 0.1) is 0 Å². The molecule has 0 N–H and O–H groups in total. The van der Waals surface area contributed by atoms with Crippen molar-refractivity contribution in [2.75, 3.05) is 26.3 Å². The van der Waals surface area contributed by atoms with E-state index in [0.717, 1.165) is 5.57 Å². The fourth-order valence-electron chi connectivity index (χ4n) is 0.957. The Labute approximate surface area is 102 Å². The fourth-order valence-corrected chi connectivity index (χ4v) is 1.04. The zero-order valence-electron chi connectivity index (χ0n) is 10.4. The van der Waals surface area contributed by atoms with E-state index in [2.05, 4.69) is 6.58 Å². The van der Waals surface area contributed by atoms with Gasteiger partial charge in [0.1, 0.15) is 12.3 Å². The lowest BCUT2D eigenvalue weighted by molar-refractivity contribution is 0.0000295. The van der Waals surface area contributed by atoms with Crippen LogP contribution in [-0.4, -0.2) is 42.9 Å². The zero-order valence-corrected chi connectivity index (χ0v) is 11.1. The Morgan fingerprint density at radius 3 is 2.38 bits per heavy atom. The lowest BCUT2D eigenvalue weighted by atomic mass is 10.2. The molecule has 0 fully saturated rings. The average molecular weight is 250 g/mol. The normalized spacial score (nSPS) is 11.1. The summed E-state index contributed by atoms with van der Waals surface area (Å²) in [4.78, 5) is 13.2. The SMILES string of the molecule is C=C(CCl)CN(COC)C(=O)OC(C)(C)C. The second-order valence-electron chi connectivity index (χ2n) is 4.48. The second kappa shape index (κ2) is 6.76. The molecule has 0 bridgehead atoms. The number of ether oxygens (including phenoxy) is 2. The van der Waals surface area contributed by atoms with E-state index in [-0.39, 0.29) is 6.73 Å². The van der Waals surface area contributed by atoms with Crippen molar-refractivity contribution in [3.05, 3.63) is 12.2 Å². The minimum Gasteiger partial charge on any atom is -0.444 e. The Balaban J connectivity index is 4.40. The van der Waals surface area contributed by atoms with Crippen LogP contribution in [0.4, 0.5) is 4.79 Å². The Morgan fingerprint density at radius 2 is 2.00 bits per heavy atom. The predicted molar refractivity (Wildman–Crippen MR) is 64.7 cm³/mol. The molecule has 0 aliphatic rings. The molecule has 0 aliphatic heterocycles. The molecule has 0 atom stereocenters. The van der Waals surface area contributed by atoms with E-state index in [1.165, 1.54) is 12.0 Å². The lowest BCUT2D eigenvalue weighted by Crippen LogP contribution is -2.39. The van der Waals surface area contributed by atoms with E-state index in [1.54, 1.807) is 0 Å². The molecule has 0 heterocycles. The Kier molecular flexibility index (Phi) is 6.45. The topological polar surface area (TPSA) is 38.8 Å². The van der Waals surface area contributed by atoms with Crippen LogP contribution in [0.3, 0.4) is 0 Å². The van der Waals surface area contributed by atoms with Crippen molar-refractivity contribution in [1.82, 2.24) is 4.90 Å². The number of halogens is 1. The molecular formula is C11H20ClNO3. The van der Waals surface area contributed by atoms with E-state index in [4.69, 9.17) is 21.1 Å². The van der Waals surface area contributed by atoms with Gasteiger partial charge >= 0.3 is 6.09 Å². The Bertz CT molecular complexity index is 248. The van der Waals surface area contributed by atoms with Gasteiger partial charge in [0.25, 0.3) is 0 Å². The molecule has 16 heavy (non-hydrogen) atoms. The third-order valence-corrected chi connectivity index (χ3v) is 1.92. The zero-order chi connectivity index (χ0) is 12.8. The molecule has 4 nitrogen and oxygen atoms in total. The predicted octanol–water partition coefficient (Wildman–Crippen LogP) is 2.62. The lowest BCUT2D eigenvalue weighted by Gasteiger charge is -2.27. The molecule has 0 aromatic rings. The molecule has 0 aliphatic carbocycles. The van der Waals surface area contributed by atoms with E-state index < -0.39 is 11.7 Å². The van der Waals surface area contributed by atoms with Crippen LogP contribution in [0.15, 0.2) is 12.2 Å². The van der Waals surface area contributed by atoms with Gasteiger partial charge in [-0.3, -0.25) is 4.90 Å². The Morgan fingerprint density at radius 1 is 1.44 bits per heavy atom. The highest BCUT2D eigenvalue weighted by atomic mass is 35.5. The van der Waals surface area contributed by atoms with Gasteiger partial charge in [-0.2, -0.15) is 0 Å². The first-order valence-electron chi connectivity index (χ1n) is 4.99. The number of nitrogens with zero attached hydrogens (tertiary/aromatic N) is 1. The summed E-state index contributed by atoms with van der Waals surface area (Å²) < 4.78 is 10.1. The maximum atomic E-state index is 11.7. The number of amides is 1. The van der Waals surface area contributed by atoms with Crippen molar-refractivity contribution in [2.24, 2.45) is 0 Å². The molecule has 0 aromatic heterocycles. The molecule has 1 amide bonds. The summed E-state index contributed by atoms with van der Waals surface area (Å²) in [5, 5.41) is 0. The van der Waals surface area contributed by atoms with E-state index >= 15 is 0 Å². The van der Waals surface area contributed by atoms with Gasteiger partial charge in [-0.05, 0) is 26.3 Å². The van der Waals surface area contributed by atoms with Crippen LogP contribution >= 0.6 is 11.6 Å². The number of hydrogen-bond acceptors (Lipinski definition) is 3. The first-order chi connectivity index (χ1) is 7.30. The molecule has 5 heteroatoms. The first-order valence-corrected chi connectivity index (χ1v) is 5.53. The van der Waals surface area contributed by atoms with Crippen LogP contribution in [0.1, 0.15) is 20.8 Å². The van der Waals surface area contributed by atoms with Crippen LogP contribution in [-0.2, 0) is 9.47 Å². The molecular weight excluding hydrogens is 230 g/mol. The van der Waals surface area contributed by atoms with Crippen LogP contribution in [0.2, 0.25) is 0 Å². The van der Waals surface area contributed by atoms with Gasteiger partial charge in [-0.25, -0.2) is 4.79 Å². The number of alkyl halides is 1. The molecule has 0 aromatic carbocycles.